The number of carbonyl (C=O) groups excluding carboxylic acids is 1. The van der Waals surface area contributed by atoms with Gasteiger partial charge in [0.2, 0.25) is 0 Å². The number of amides is 1. The number of aromatic nitrogens is 2. The van der Waals surface area contributed by atoms with Gasteiger partial charge in [-0.05, 0) is 54.8 Å². The van der Waals surface area contributed by atoms with Gasteiger partial charge in [0.25, 0.3) is 5.91 Å². The van der Waals surface area contributed by atoms with Crippen molar-refractivity contribution in [3.05, 3.63) is 83.9 Å². The summed E-state index contributed by atoms with van der Waals surface area (Å²) in [5.74, 6) is 0.0557. The third-order valence-corrected chi connectivity index (χ3v) is 5.16. The summed E-state index contributed by atoms with van der Waals surface area (Å²) in [6, 6.07) is 16.1. The Balaban J connectivity index is 1.55. The summed E-state index contributed by atoms with van der Waals surface area (Å²) in [6.45, 7) is 1.42. The SMILES string of the molecule is O=C(c1cccc(-n2cccn2)c1)N1CCCCC(c2ccc(F)cc2)C1. The highest BCUT2D eigenvalue weighted by molar-refractivity contribution is 5.94. The zero-order valence-electron chi connectivity index (χ0n) is 15.1. The molecular formula is C22H22FN3O. The normalized spacial score (nSPS) is 17.5. The van der Waals surface area contributed by atoms with Crippen LogP contribution in [0.1, 0.15) is 41.1 Å². The van der Waals surface area contributed by atoms with Crippen LogP contribution >= 0.6 is 0 Å². The molecule has 1 aromatic heterocycles. The highest BCUT2D eigenvalue weighted by Gasteiger charge is 2.24. The molecule has 2 aromatic carbocycles. The number of carbonyl (C=O) groups is 1. The molecule has 0 spiro atoms. The fourth-order valence-corrected chi connectivity index (χ4v) is 3.72. The van der Waals surface area contributed by atoms with Crippen LogP contribution in [0.25, 0.3) is 5.69 Å². The van der Waals surface area contributed by atoms with E-state index in [2.05, 4.69) is 5.10 Å². The zero-order valence-corrected chi connectivity index (χ0v) is 15.1. The zero-order chi connectivity index (χ0) is 18.6. The summed E-state index contributed by atoms with van der Waals surface area (Å²) in [7, 11) is 0. The smallest absolute Gasteiger partial charge is 0.253 e. The molecule has 1 aliphatic heterocycles. The van der Waals surface area contributed by atoms with Crippen molar-refractivity contribution in [1.82, 2.24) is 14.7 Å². The molecule has 1 amide bonds. The second kappa shape index (κ2) is 7.74. The van der Waals surface area contributed by atoms with Gasteiger partial charge in [-0.2, -0.15) is 5.10 Å². The molecule has 138 valence electrons. The van der Waals surface area contributed by atoms with Crippen molar-refractivity contribution in [3.63, 3.8) is 0 Å². The van der Waals surface area contributed by atoms with E-state index in [-0.39, 0.29) is 17.6 Å². The fraction of sp³-hybridized carbons (Fsp3) is 0.273. The minimum absolute atomic E-state index is 0.0398. The van der Waals surface area contributed by atoms with Crippen molar-refractivity contribution in [2.24, 2.45) is 0 Å². The minimum Gasteiger partial charge on any atom is -0.338 e. The second-order valence-electron chi connectivity index (χ2n) is 7.00. The van der Waals surface area contributed by atoms with Crippen molar-refractivity contribution < 1.29 is 9.18 Å². The molecule has 27 heavy (non-hydrogen) atoms. The lowest BCUT2D eigenvalue weighted by Gasteiger charge is -2.25. The number of benzene rings is 2. The number of nitrogens with zero attached hydrogens (tertiary/aromatic N) is 3. The quantitative estimate of drug-likeness (QED) is 0.691. The van der Waals surface area contributed by atoms with Crippen molar-refractivity contribution in [2.45, 2.75) is 25.2 Å². The van der Waals surface area contributed by atoms with Crippen LogP contribution in [0.5, 0.6) is 0 Å². The highest BCUT2D eigenvalue weighted by atomic mass is 19.1. The monoisotopic (exact) mass is 363 g/mol. The molecule has 4 nitrogen and oxygen atoms in total. The van der Waals surface area contributed by atoms with E-state index in [9.17, 15) is 9.18 Å². The van der Waals surface area contributed by atoms with Gasteiger partial charge in [-0.3, -0.25) is 4.79 Å². The van der Waals surface area contributed by atoms with Crippen molar-refractivity contribution in [3.8, 4) is 5.69 Å². The van der Waals surface area contributed by atoms with Crippen LogP contribution in [-0.4, -0.2) is 33.7 Å². The standard InChI is InChI=1S/C22H22FN3O/c23-20-10-8-17(9-11-20)19-5-1-2-13-25(16-19)22(27)18-6-3-7-21(15-18)26-14-4-12-24-26/h3-4,6-12,14-15,19H,1-2,5,13,16H2. The van der Waals surface area contributed by atoms with E-state index in [1.807, 2.05) is 53.6 Å². The molecule has 0 aliphatic carbocycles. The molecule has 5 heteroatoms. The maximum atomic E-state index is 13.2. The van der Waals surface area contributed by atoms with Crippen molar-refractivity contribution >= 4 is 5.91 Å². The Labute approximate surface area is 158 Å². The summed E-state index contributed by atoms with van der Waals surface area (Å²) < 4.78 is 15.0. The Bertz CT molecular complexity index is 906. The van der Waals surface area contributed by atoms with E-state index in [1.165, 1.54) is 12.1 Å². The van der Waals surface area contributed by atoms with Crippen LogP contribution < -0.4 is 0 Å². The molecule has 0 bridgehead atoms. The van der Waals surface area contributed by atoms with Gasteiger partial charge in [-0.15, -0.1) is 0 Å². The summed E-state index contributed by atoms with van der Waals surface area (Å²) in [5, 5.41) is 4.23. The molecule has 0 N–H and O–H groups in total. The average Bonchev–Trinajstić information content (AvgIpc) is 3.13. The van der Waals surface area contributed by atoms with Gasteiger partial charge >= 0.3 is 0 Å². The van der Waals surface area contributed by atoms with Crippen LogP contribution in [0, 0.1) is 5.82 Å². The van der Waals surface area contributed by atoms with Gasteiger partial charge < -0.3 is 4.90 Å². The Morgan fingerprint density at radius 3 is 2.70 bits per heavy atom. The van der Waals surface area contributed by atoms with E-state index in [1.54, 1.807) is 10.9 Å². The first-order valence-electron chi connectivity index (χ1n) is 9.35. The first-order chi connectivity index (χ1) is 13.2. The molecule has 4 rings (SSSR count). The van der Waals surface area contributed by atoms with E-state index in [0.717, 1.165) is 37.1 Å². The Morgan fingerprint density at radius 2 is 1.93 bits per heavy atom. The fourth-order valence-electron chi connectivity index (χ4n) is 3.72. The van der Waals surface area contributed by atoms with Crippen LogP contribution in [0.15, 0.2) is 67.0 Å². The van der Waals surface area contributed by atoms with E-state index in [4.69, 9.17) is 0 Å². The molecule has 2 heterocycles. The Kier molecular flexibility index (Phi) is 5.01. The number of halogens is 1. The molecule has 3 aromatic rings. The predicted octanol–water partition coefficient (Wildman–Crippen LogP) is 4.42. The number of hydrogen-bond acceptors (Lipinski definition) is 2. The number of likely N-dealkylation sites (tertiary alicyclic amines) is 1. The van der Waals surface area contributed by atoms with Gasteiger partial charge in [0.15, 0.2) is 0 Å². The van der Waals surface area contributed by atoms with E-state index in [0.29, 0.717) is 12.1 Å². The summed E-state index contributed by atoms with van der Waals surface area (Å²) >= 11 is 0. The molecule has 0 saturated carbocycles. The Morgan fingerprint density at radius 1 is 1.07 bits per heavy atom. The van der Waals surface area contributed by atoms with Gasteiger partial charge in [-0.1, -0.05) is 24.6 Å². The van der Waals surface area contributed by atoms with Crippen LogP contribution in [0.2, 0.25) is 0 Å². The second-order valence-corrected chi connectivity index (χ2v) is 7.00. The molecule has 1 aliphatic rings. The summed E-state index contributed by atoms with van der Waals surface area (Å²) in [4.78, 5) is 15.1. The van der Waals surface area contributed by atoms with E-state index < -0.39 is 0 Å². The lowest BCUT2D eigenvalue weighted by atomic mass is 9.94. The highest BCUT2D eigenvalue weighted by Crippen LogP contribution is 2.27. The molecule has 1 fully saturated rings. The van der Waals surface area contributed by atoms with Gasteiger partial charge in [0.05, 0.1) is 5.69 Å². The van der Waals surface area contributed by atoms with Crippen molar-refractivity contribution in [2.75, 3.05) is 13.1 Å². The third-order valence-electron chi connectivity index (χ3n) is 5.16. The van der Waals surface area contributed by atoms with Gasteiger partial charge in [-0.25, -0.2) is 9.07 Å². The van der Waals surface area contributed by atoms with Crippen molar-refractivity contribution in [1.29, 1.82) is 0 Å². The molecule has 1 unspecified atom stereocenters. The first-order valence-corrected chi connectivity index (χ1v) is 9.35. The molecule has 1 saturated heterocycles. The lowest BCUT2D eigenvalue weighted by Crippen LogP contribution is -2.34. The third kappa shape index (κ3) is 3.92. The van der Waals surface area contributed by atoms with Gasteiger partial charge in [0, 0.05) is 37.0 Å². The topological polar surface area (TPSA) is 38.1 Å². The Hall–Kier alpha value is -2.95. The minimum atomic E-state index is -0.226. The maximum Gasteiger partial charge on any atom is 0.253 e. The molecular weight excluding hydrogens is 341 g/mol. The molecule has 1 atom stereocenters. The molecule has 0 radical (unpaired) electrons. The van der Waals surface area contributed by atoms with Crippen LogP contribution in [-0.2, 0) is 0 Å². The largest absolute Gasteiger partial charge is 0.338 e. The predicted molar refractivity (Wildman–Crippen MR) is 102 cm³/mol. The summed E-state index contributed by atoms with van der Waals surface area (Å²) in [6.07, 6.45) is 6.65. The van der Waals surface area contributed by atoms with E-state index >= 15 is 0 Å². The lowest BCUT2D eigenvalue weighted by molar-refractivity contribution is 0.0754. The number of rotatable bonds is 3. The number of hydrogen-bond donors (Lipinski definition) is 0. The van der Waals surface area contributed by atoms with Crippen LogP contribution in [0.3, 0.4) is 0 Å². The first kappa shape index (κ1) is 17.5. The van der Waals surface area contributed by atoms with Crippen LogP contribution in [0.4, 0.5) is 4.39 Å². The average molecular weight is 363 g/mol. The summed E-state index contributed by atoms with van der Waals surface area (Å²) in [5.41, 5.74) is 2.64. The maximum absolute atomic E-state index is 13.2. The van der Waals surface area contributed by atoms with Gasteiger partial charge in [0.1, 0.15) is 5.82 Å².